The zero-order valence-electron chi connectivity index (χ0n) is 14.1. The van der Waals surface area contributed by atoms with Crippen molar-refractivity contribution in [2.45, 2.75) is 38.0 Å². The molecule has 0 aliphatic carbocycles. The van der Waals surface area contributed by atoms with Gasteiger partial charge in [0.1, 0.15) is 17.2 Å². The van der Waals surface area contributed by atoms with E-state index in [0.29, 0.717) is 6.61 Å². The largest absolute Gasteiger partial charge is 0.480 e. The fourth-order valence-electron chi connectivity index (χ4n) is 3.11. The molecule has 0 spiro atoms. The number of carboxylic acid groups (broad SMARTS) is 1. The first-order valence-corrected chi connectivity index (χ1v) is 7.71. The second-order valence-electron chi connectivity index (χ2n) is 7.17. The molecular formula is C14H23N3O7. The Morgan fingerprint density at radius 2 is 2.04 bits per heavy atom. The molecule has 24 heavy (non-hydrogen) atoms. The van der Waals surface area contributed by atoms with E-state index in [4.69, 9.17) is 9.47 Å². The van der Waals surface area contributed by atoms with Crippen molar-refractivity contribution in [1.29, 1.82) is 0 Å². The normalized spacial score (nSPS) is 24.1. The van der Waals surface area contributed by atoms with Crippen molar-refractivity contribution >= 4 is 12.1 Å². The van der Waals surface area contributed by atoms with Gasteiger partial charge in [-0.2, -0.15) is 0 Å². The first-order chi connectivity index (χ1) is 11.0. The average molecular weight is 345 g/mol. The van der Waals surface area contributed by atoms with Gasteiger partial charge in [-0.1, -0.05) is 0 Å². The smallest absolute Gasteiger partial charge is 0.410 e. The molecule has 2 aliphatic heterocycles. The maximum absolute atomic E-state index is 12.1. The highest BCUT2D eigenvalue weighted by Crippen LogP contribution is 2.32. The molecule has 0 bridgehead atoms. The van der Waals surface area contributed by atoms with Crippen LogP contribution < -0.4 is 0 Å². The maximum atomic E-state index is 12.1. The van der Waals surface area contributed by atoms with Gasteiger partial charge in [0, 0.05) is 11.5 Å². The van der Waals surface area contributed by atoms with Crippen molar-refractivity contribution in [2.75, 3.05) is 39.4 Å². The molecule has 0 radical (unpaired) electrons. The molecule has 0 aromatic rings. The highest BCUT2D eigenvalue weighted by Gasteiger charge is 2.57. The van der Waals surface area contributed by atoms with Gasteiger partial charge in [0.25, 0.3) is 0 Å². The third kappa shape index (κ3) is 3.93. The summed E-state index contributed by atoms with van der Waals surface area (Å²) in [5.74, 6) is -1.09. The highest BCUT2D eigenvalue weighted by atomic mass is 16.6. The molecule has 2 saturated heterocycles. The van der Waals surface area contributed by atoms with E-state index < -0.39 is 40.7 Å². The number of rotatable bonds is 4. The van der Waals surface area contributed by atoms with E-state index >= 15 is 0 Å². The van der Waals surface area contributed by atoms with Crippen LogP contribution in [-0.4, -0.2) is 88.5 Å². The average Bonchev–Trinajstić information content (AvgIpc) is 2.40. The van der Waals surface area contributed by atoms with Crippen molar-refractivity contribution in [3.63, 3.8) is 0 Å². The molecule has 10 heteroatoms. The van der Waals surface area contributed by atoms with Gasteiger partial charge in [-0.15, -0.1) is 0 Å². The summed E-state index contributed by atoms with van der Waals surface area (Å²) >= 11 is 0. The molecule has 0 aromatic heterocycles. The quantitative estimate of drug-likeness (QED) is 0.559. The highest BCUT2D eigenvalue weighted by molar-refractivity contribution is 5.74. The number of amides is 1. The number of nitrogens with zero attached hydrogens (tertiary/aromatic N) is 3. The standard InChI is InChI=1S/C14H23N3O7/c1-13(2,3)24-12(20)15-7-14(8-15,9-17(21)22)16-4-5-23-6-10(16)11(18)19/h10H,4-9H2,1-3H3,(H,18,19)/t10-/m0/s1. The van der Waals surface area contributed by atoms with Crippen LogP contribution in [0.4, 0.5) is 4.79 Å². The summed E-state index contributed by atoms with van der Waals surface area (Å²) in [7, 11) is 0. The lowest BCUT2D eigenvalue weighted by molar-refractivity contribution is -0.501. The van der Waals surface area contributed by atoms with Gasteiger partial charge in [0.05, 0.1) is 26.3 Å². The molecule has 0 aromatic carbocycles. The van der Waals surface area contributed by atoms with Gasteiger partial charge in [-0.3, -0.25) is 19.8 Å². The first-order valence-electron chi connectivity index (χ1n) is 7.71. The van der Waals surface area contributed by atoms with Crippen molar-refractivity contribution in [3.8, 4) is 0 Å². The van der Waals surface area contributed by atoms with E-state index in [-0.39, 0.29) is 26.2 Å². The Kier molecular flexibility index (Phi) is 5.00. The SMILES string of the molecule is CC(C)(C)OC(=O)N1CC(C[N+](=O)[O-])(N2CCOC[C@H]2C(=O)O)C1. The Labute approximate surface area is 139 Å². The summed E-state index contributed by atoms with van der Waals surface area (Å²) in [5, 5.41) is 20.5. The Morgan fingerprint density at radius 3 is 2.54 bits per heavy atom. The second kappa shape index (κ2) is 6.52. The zero-order valence-corrected chi connectivity index (χ0v) is 14.1. The Hall–Kier alpha value is -1.94. The monoisotopic (exact) mass is 345 g/mol. The van der Waals surface area contributed by atoms with E-state index in [1.165, 1.54) is 4.90 Å². The van der Waals surface area contributed by atoms with E-state index in [9.17, 15) is 24.8 Å². The van der Waals surface area contributed by atoms with Crippen LogP contribution in [0.15, 0.2) is 0 Å². The Morgan fingerprint density at radius 1 is 1.42 bits per heavy atom. The number of hydrogen-bond donors (Lipinski definition) is 1. The van der Waals surface area contributed by atoms with Crippen LogP contribution in [0.2, 0.25) is 0 Å². The van der Waals surface area contributed by atoms with E-state index in [0.717, 1.165) is 0 Å². The molecule has 2 fully saturated rings. The topological polar surface area (TPSA) is 122 Å². The number of nitro groups is 1. The number of hydrogen-bond acceptors (Lipinski definition) is 7. The van der Waals surface area contributed by atoms with Crippen molar-refractivity contribution in [2.24, 2.45) is 0 Å². The van der Waals surface area contributed by atoms with Crippen LogP contribution in [-0.2, 0) is 14.3 Å². The van der Waals surface area contributed by atoms with E-state index in [1.807, 2.05) is 0 Å². The predicted molar refractivity (Wildman–Crippen MR) is 81.3 cm³/mol. The number of carbonyl (C=O) groups excluding carboxylic acids is 1. The van der Waals surface area contributed by atoms with Gasteiger partial charge in [-0.05, 0) is 20.8 Å². The Balaban J connectivity index is 2.14. The van der Waals surface area contributed by atoms with Gasteiger partial charge in [0.15, 0.2) is 0 Å². The Bertz CT molecular complexity index is 525. The summed E-state index contributed by atoms with van der Waals surface area (Å²) < 4.78 is 10.4. The van der Waals surface area contributed by atoms with Crippen LogP contribution >= 0.6 is 0 Å². The third-order valence-corrected chi connectivity index (χ3v) is 4.07. The predicted octanol–water partition coefficient (Wildman–Crippen LogP) is 0.0380. The number of morpholine rings is 1. The van der Waals surface area contributed by atoms with Crippen LogP contribution in [0.3, 0.4) is 0 Å². The number of carboxylic acids is 1. The second-order valence-corrected chi connectivity index (χ2v) is 7.17. The zero-order chi connectivity index (χ0) is 18.1. The van der Waals surface area contributed by atoms with Crippen molar-refractivity contribution in [1.82, 2.24) is 9.80 Å². The number of ether oxygens (including phenoxy) is 2. The lowest BCUT2D eigenvalue weighted by Gasteiger charge is -2.55. The fraction of sp³-hybridized carbons (Fsp3) is 0.857. The molecule has 1 N–H and O–H groups in total. The van der Waals surface area contributed by atoms with Crippen LogP contribution in [0.5, 0.6) is 0 Å². The number of aliphatic carboxylic acids is 1. The van der Waals surface area contributed by atoms with Crippen LogP contribution in [0, 0.1) is 10.1 Å². The van der Waals surface area contributed by atoms with Crippen LogP contribution in [0.25, 0.3) is 0 Å². The van der Waals surface area contributed by atoms with Crippen molar-refractivity contribution in [3.05, 3.63) is 10.1 Å². The molecule has 1 atom stereocenters. The fourth-order valence-corrected chi connectivity index (χ4v) is 3.11. The minimum absolute atomic E-state index is 0.0266. The molecule has 0 unspecified atom stereocenters. The molecule has 1 amide bonds. The molecular weight excluding hydrogens is 322 g/mol. The van der Waals surface area contributed by atoms with E-state index in [2.05, 4.69) is 0 Å². The summed E-state index contributed by atoms with van der Waals surface area (Å²) in [4.78, 5) is 37.1. The molecule has 10 nitrogen and oxygen atoms in total. The minimum Gasteiger partial charge on any atom is -0.480 e. The maximum Gasteiger partial charge on any atom is 0.410 e. The summed E-state index contributed by atoms with van der Waals surface area (Å²) in [6.07, 6.45) is -0.554. The molecule has 2 aliphatic rings. The number of carbonyl (C=O) groups is 2. The van der Waals surface area contributed by atoms with Gasteiger partial charge >= 0.3 is 12.1 Å². The van der Waals surface area contributed by atoms with Gasteiger partial charge < -0.3 is 19.5 Å². The third-order valence-electron chi connectivity index (χ3n) is 4.07. The van der Waals surface area contributed by atoms with Crippen molar-refractivity contribution < 1.29 is 29.1 Å². The first kappa shape index (κ1) is 18.4. The molecule has 136 valence electrons. The lowest BCUT2D eigenvalue weighted by Crippen LogP contribution is -2.77. The summed E-state index contributed by atoms with van der Waals surface area (Å²) in [6, 6.07) is -0.959. The van der Waals surface area contributed by atoms with Crippen LogP contribution in [0.1, 0.15) is 20.8 Å². The number of likely N-dealkylation sites (tertiary alicyclic amines) is 1. The summed E-state index contributed by atoms with van der Waals surface area (Å²) in [6.45, 7) is 5.44. The minimum atomic E-state index is -1.09. The van der Waals surface area contributed by atoms with Gasteiger partial charge in [0.2, 0.25) is 6.54 Å². The molecule has 2 heterocycles. The van der Waals surface area contributed by atoms with E-state index in [1.54, 1.807) is 25.7 Å². The lowest BCUT2D eigenvalue weighted by atomic mass is 9.86. The molecule has 2 rings (SSSR count). The van der Waals surface area contributed by atoms with Gasteiger partial charge in [-0.25, -0.2) is 4.79 Å². The molecule has 0 saturated carbocycles. The summed E-state index contributed by atoms with van der Waals surface area (Å²) in [5.41, 5.74) is -1.67.